The van der Waals surface area contributed by atoms with Gasteiger partial charge in [0.15, 0.2) is 0 Å². The van der Waals surface area contributed by atoms with Gasteiger partial charge in [-0.15, -0.1) is 0 Å². The molecule has 2 heteroatoms. The van der Waals surface area contributed by atoms with Crippen LogP contribution in [0.1, 0.15) is 277 Å². The zero-order chi connectivity index (χ0) is 34.1. The summed E-state index contributed by atoms with van der Waals surface area (Å²) in [5.74, 6) is -0.651. The van der Waals surface area contributed by atoms with E-state index in [2.05, 4.69) is 13.8 Å². The second-order valence-electron chi connectivity index (χ2n) is 15.7. The molecule has 47 heavy (non-hydrogen) atoms. The first-order chi connectivity index (χ1) is 23.2. The van der Waals surface area contributed by atoms with Crippen LogP contribution in [0, 0.1) is 5.92 Å². The van der Waals surface area contributed by atoms with E-state index in [1.54, 1.807) is 0 Å². The lowest BCUT2D eigenvalue weighted by Gasteiger charge is -2.12. The molecular formula is C45H90O2. The van der Waals surface area contributed by atoms with Crippen molar-refractivity contribution in [2.75, 3.05) is 0 Å². The largest absolute Gasteiger partial charge is 0.481 e. The molecule has 0 radical (unpaired) electrons. The molecule has 0 rings (SSSR count). The lowest BCUT2D eigenvalue weighted by Crippen LogP contribution is -2.13. The first-order valence-corrected chi connectivity index (χ1v) is 22.4. The van der Waals surface area contributed by atoms with E-state index in [4.69, 9.17) is 0 Å². The summed E-state index contributed by atoms with van der Waals surface area (Å²) < 4.78 is 0. The maximum absolute atomic E-state index is 11.8. The number of hydrogen-bond donors (Lipinski definition) is 1. The Morgan fingerprint density at radius 1 is 0.298 bits per heavy atom. The maximum Gasteiger partial charge on any atom is 0.306 e. The van der Waals surface area contributed by atoms with Crippen LogP contribution in [0.4, 0.5) is 0 Å². The van der Waals surface area contributed by atoms with E-state index < -0.39 is 5.97 Å². The van der Waals surface area contributed by atoms with Crippen LogP contribution >= 0.6 is 0 Å². The van der Waals surface area contributed by atoms with Crippen LogP contribution in [0.5, 0.6) is 0 Å². The van der Waals surface area contributed by atoms with Crippen LogP contribution in [0.15, 0.2) is 0 Å². The second-order valence-corrected chi connectivity index (χ2v) is 15.7. The van der Waals surface area contributed by atoms with Crippen molar-refractivity contribution < 1.29 is 9.90 Å². The van der Waals surface area contributed by atoms with Crippen molar-refractivity contribution in [3.05, 3.63) is 0 Å². The highest BCUT2D eigenvalue weighted by molar-refractivity contribution is 5.69. The third kappa shape index (κ3) is 39.8. The summed E-state index contributed by atoms with van der Waals surface area (Å²) in [4.78, 5) is 11.8. The van der Waals surface area contributed by atoms with E-state index in [0.29, 0.717) is 0 Å². The number of carboxylic acid groups (broad SMARTS) is 1. The zero-order valence-electron chi connectivity index (χ0n) is 32.9. The van der Waals surface area contributed by atoms with Crippen LogP contribution in [0.25, 0.3) is 0 Å². The molecule has 0 aliphatic rings. The molecule has 0 aliphatic heterocycles. The first kappa shape index (κ1) is 46.5. The van der Waals surface area contributed by atoms with Crippen molar-refractivity contribution >= 4 is 5.97 Å². The summed E-state index contributed by atoms with van der Waals surface area (Å²) in [5, 5.41) is 9.68. The molecule has 0 heterocycles. The van der Waals surface area contributed by atoms with Gasteiger partial charge in [0.1, 0.15) is 0 Å². The number of rotatable bonds is 42. The van der Waals surface area contributed by atoms with Crippen molar-refractivity contribution in [1.82, 2.24) is 0 Å². The van der Waals surface area contributed by atoms with Crippen molar-refractivity contribution in [3.63, 3.8) is 0 Å². The number of carboxylic acids is 1. The fraction of sp³-hybridized carbons (Fsp3) is 0.978. The fourth-order valence-electron chi connectivity index (χ4n) is 7.51. The van der Waals surface area contributed by atoms with Gasteiger partial charge in [0.2, 0.25) is 0 Å². The first-order valence-electron chi connectivity index (χ1n) is 22.4. The number of aliphatic carboxylic acids is 1. The standard InChI is InChI=1S/C45H90O2/c1-3-5-7-9-11-13-15-17-19-21-23-25-27-29-31-33-35-37-39-41-43-44(45(46)47)42-40-38-36-34-32-30-28-26-24-22-20-18-16-14-12-10-8-6-4-2/h44H,3-43H2,1-2H3,(H,46,47). The molecular weight excluding hydrogens is 572 g/mol. The van der Waals surface area contributed by atoms with Crippen molar-refractivity contribution in [1.29, 1.82) is 0 Å². The molecule has 282 valence electrons. The zero-order valence-corrected chi connectivity index (χ0v) is 32.9. The quantitative estimate of drug-likeness (QED) is 0.0660. The van der Waals surface area contributed by atoms with Gasteiger partial charge < -0.3 is 5.11 Å². The molecule has 0 aliphatic carbocycles. The number of unbranched alkanes of at least 4 members (excludes halogenated alkanes) is 37. The summed E-state index contributed by atoms with van der Waals surface area (Å²) in [6, 6.07) is 0. The van der Waals surface area contributed by atoms with Gasteiger partial charge in [-0.3, -0.25) is 4.79 Å². The van der Waals surface area contributed by atoms with Gasteiger partial charge in [-0.1, -0.05) is 264 Å². The van der Waals surface area contributed by atoms with Gasteiger partial charge in [-0.05, 0) is 12.8 Å². The Morgan fingerprint density at radius 3 is 0.596 bits per heavy atom. The molecule has 1 N–H and O–H groups in total. The summed E-state index contributed by atoms with van der Waals surface area (Å²) in [5.41, 5.74) is 0. The van der Waals surface area contributed by atoms with Crippen molar-refractivity contribution in [2.45, 2.75) is 277 Å². The molecule has 2 nitrogen and oxygen atoms in total. The molecule has 1 atom stereocenters. The monoisotopic (exact) mass is 663 g/mol. The van der Waals surface area contributed by atoms with Crippen LogP contribution in [-0.4, -0.2) is 11.1 Å². The SMILES string of the molecule is CCCCCCCCCCCCCCCCCCCCCCC(CCCCCCCCCCCCCCCCCCCCC)C(=O)O. The molecule has 1 unspecified atom stereocenters. The summed E-state index contributed by atoms with van der Waals surface area (Å²) >= 11 is 0. The number of carbonyl (C=O) groups is 1. The van der Waals surface area contributed by atoms with E-state index in [9.17, 15) is 9.90 Å². The average molecular weight is 663 g/mol. The minimum absolute atomic E-state index is 0.101. The number of hydrogen-bond acceptors (Lipinski definition) is 1. The molecule has 0 aromatic carbocycles. The van der Waals surface area contributed by atoms with Gasteiger partial charge in [0.25, 0.3) is 0 Å². The van der Waals surface area contributed by atoms with Gasteiger partial charge in [-0.25, -0.2) is 0 Å². The Kier molecular flexibility index (Phi) is 41.2. The van der Waals surface area contributed by atoms with E-state index in [1.807, 2.05) is 0 Å². The lowest BCUT2D eigenvalue weighted by atomic mass is 9.94. The highest BCUT2D eigenvalue weighted by atomic mass is 16.4. The van der Waals surface area contributed by atoms with Crippen LogP contribution in [-0.2, 0) is 4.79 Å². The third-order valence-electron chi connectivity index (χ3n) is 10.9. The average Bonchev–Trinajstić information content (AvgIpc) is 3.07. The predicted octanol–water partition coefficient (Wildman–Crippen LogP) is 16.7. The van der Waals surface area contributed by atoms with Crippen LogP contribution in [0.3, 0.4) is 0 Å². The Hall–Kier alpha value is -0.530. The summed E-state index contributed by atoms with van der Waals surface area (Å²) in [6.45, 7) is 4.59. The van der Waals surface area contributed by atoms with Gasteiger partial charge in [0, 0.05) is 0 Å². The minimum Gasteiger partial charge on any atom is -0.481 e. The second kappa shape index (κ2) is 41.6. The molecule has 0 aromatic heterocycles. The Labute approximate surface area is 298 Å². The van der Waals surface area contributed by atoms with Crippen molar-refractivity contribution in [2.24, 2.45) is 5.92 Å². The minimum atomic E-state index is -0.551. The molecule has 0 fully saturated rings. The lowest BCUT2D eigenvalue weighted by molar-refractivity contribution is -0.142. The van der Waals surface area contributed by atoms with E-state index >= 15 is 0 Å². The van der Waals surface area contributed by atoms with Crippen molar-refractivity contribution in [3.8, 4) is 0 Å². The van der Waals surface area contributed by atoms with E-state index in [1.165, 1.54) is 238 Å². The molecule has 0 aromatic rings. The molecule has 0 bridgehead atoms. The van der Waals surface area contributed by atoms with Gasteiger partial charge in [0.05, 0.1) is 5.92 Å². The predicted molar refractivity (Wildman–Crippen MR) is 212 cm³/mol. The highest BCUT2D eigenvalue weighted by Gasteiger charge is 2.16. The molecule has 0 saturated heterocycles. The summed E-state index contributed by atoms with van der Waals surface area (Å²) in [7, 11) is 0. The van der Waals surface area contributed by atoms with E-state index in [0.717, 1.165) is 25.7 Å². The Balaban J connectivity index is 3.34. The molecule has 0 amide bonds. The fourth-order valence-corrected chi connectivity index (χ4v) is 7.51. The highest BCUT2D eigenvalue weighted by Crippen LogP contribution is 2.21. The maximum atomic E-state index is 11.8. The van der Waals surface area contributed by atoms with Crippen LogP contribution < -0.4 is 0 Å². The third-order valence-corrected chi connectivity index (χ3v) is 10.9. The van der Waals surface area contributed by atoms with Crippen LogP contribution in [0.2, 0.25) is 0 Å². The van der Waals surface area contributed by atoms with Gasteiger partial charge >= 0.3 is 5.97 Å². The topological polar surface area (TPSA) is 37.3 Å². The molecule has 0 spiro atoms. The smallest absolute Gasteiger partial charge is 0.306 e. The summed E-state index contributed by atoms with van der Waals surface area (Å²) in [6.07, 6.45) is 56.1. The Bertz CT molecular complexity index is 572. The molecule has 0 saturated carbocycles. The van der Waals surface area contributed by atoms with E-state index in [-0.39, 0.29) is 5.92 Å². The Morgan fingerprint density at radius 2 is 0.447 bits per heavy atom. The normalized spacial score (nSPS) is 12.2. The van der Waals surface area contributed by atoms with Gasteiger partial charge in [-0.2, -0.15) is 0 Å².